The number of benzene rings is 2. The number of rotatable bonds is 5. The third kappa shape index (κ3) is 4.03. The van der Waals surface area contributed by atoms with Crippen molar-refractivity contribution in [1.29, 1.82) is 0 Å². The van der Waals surface area contributed by atoms with Crippen molar-refractivity contribution in [1.82, 2.24) is 4.31 Å². The summed E-state index contributed by atoms with van der Waals surface area (Å²) in [6, 6.07) is 4.15. The van der Waals surface area contributed by atoms with Gasteiger partial charge in [-0.25, -0.2) is 21.2 Å². The third-order valence-electron chi connectivity index (χ3n) is 4.72. The zero-order valence-electron chi connectivity index (χ0n) is 15.1. The van der Waals surface area contributed by atoms with Crippen molar-refractivity contribution in [2.75, 3.05) is 12.3 Å². The second kappa shape index (κ2) is 7.37. The Kier molecular flexibility index (Phi) is 5.52. The second-order valence-corrected chi connectivity index (χ2v) is 10.5. The van der Waals surface area contributed by atoms with Crippen molar-refractivity contribution in [3.05, 3.63) is 59.4 Å². The van der Waals surface area contributed by atoms with Gasteiger partial charge in [0.05, 0.1) is 15.5 Å². The Morgan fingerprint density at radius 1 is 1.10 bits per heavy atom. The minimum absolute atomic E-state index is 0.177. The van der Waals surface area contributed by atoms with Gasteiger partial charge in [0.2, 0.25) is 10.0 Å². The molecule has 2 aromatic carbocycles. The summed E-state index contributed by atoms with van der Waals surface area (Å²) in [4.78, 5) is -0.722. The van der Waals surface area contributed by atoms with Gasteiger partial charge < -0.3 is 0 Å². The maximum atomic E-state index is 13.8. The maximum absolute atomic E-state index is 13.8. The molecule has 0 N–H and O–H groups in total. The van der Waals surface area contributed by atoms with Gasteiger partial charge in [0, 0.05) is 6.54 Å². The molecule has 5 nitrogen and oxygen atoms in total. The fourth-order valence-corrected chi connectivity index (χ4v) is 6.63. The smallest absolute Gasteiger partial charge is 0.224 e. The topological polar surface area (TPSA) is 71.5 Å². The summed E-state index contributed by atoms with van der Waals surface area (Å²) in [7, 11) is -8.38. The molecule has 1 atom stereocenters. The summed E-state index contributed by atoms with van der Waals surface area (Å²) < 4.78 is 105. The summed E-state index contributed by atoms with van der Waals surface area (Å²) in [5, 5.41) is 0. The van der Waals surface area contributed by atoms with Crippen molar-refractivity contribution in [2.45, 2.75) is 35.4 Å². The molecule has 1 aliphatic heterocycles. The van der Waals surface area contributed by atoms with Gasteiger partial charge in [0.25, 0.3) is 0 Å². The number of fused-ring (bicyclic) bond motifs is 1. The van der Waals surface area contributed by atoms with Gasteiger partial charge in [0.1, 0.15) is 11.9 Å². The van der Waals surface area contributed by atoms with Crippen LogP contribution in [0.1, 0.15) is 24.1 Å². The highest BCUT2D eigenvalue weighted by atomic mass is 32.2. The Morgan fingerprint density at radius 2 is 1.72 bits per heavy atom. The lowest BCUT2D eigenvalue weighted by atomic mass is 10.1. The largest absolute Gasteiger partial charge is 0.409 e. The fourth-order valence-electron chi connectivity index (χ4n) is 3.34. The van der Waals surface area contributed by atoms with Crippen LogP contribution in [0.2, 0.25) is 0 Å². The molecule has 158 valence electrons. The highest BCUT2D eigenvalue weighted by molar-refractivity contribution is 7.92. The van der Waals surface area contributed by atoms with E-state index in [-0.39, 0.29) is 21.4 Å². The van der Waals surface area contributed by atoms with E-state index in [1.54, 1.807) is 0 Å². The average Bonchev–Trinajstić information content (AvgIpc) is 2.94. The molecule has 0 bridgehead atoms. The molecule has 11 heteroatoms. The van der Waals surface area contributed by atoms with E-state index in [2.05, 4.69) is 0 Å². The molecule has 29 heavy (non-hydrogen) atoms. The first-order valence-electron chi connectivity index (χ1n) is 8.57. The standard InChI is InChI=1S/C18H17F4NO4S2/c1-2-23(17(18(20,21)22)13-3-6-14(19)7-4-13)29(26,27)15-8-5-12-9-10-28(24,25)16(12)11-15/h3-8,11,17H,2,9-10H2,1H3. The van der Waals surface area contributed by atoms with Crippen LogP contribution in [-0.2, 0) is 26.3 Å². The highest BCUT2D eigenvalue weighted by Crippen LogP contribution is 2.41. The van der Waals surface area contributed by atoms with E-state index in [4.69, 9.17) is 0 Å². The predicted molar refractivity (Wildman–Crippen MR) is 97.0 cm³/mol. The van der Waals surface area contributed by atoms with Gasteiger partial charge in [-0.3, -0.25) is 0 Å². The molecule has 0 spiro atoms. The van der Waals surface area contributed by atoms with Crippen LogP contribution in [-0.4, -0.2) is 39.6 Å². The van der Waals surface area contributed by atoms with Crippen LogP contribution in [0.3, 0.4) is 0 Å². The molecule has 2 aromatic rings. The van der Waals surface area contributed by atoms with E-state index in [9.17, 15) is 34.4 Å². The van der Waals surface area contributed by atoms with Crippen LogP contribution < -0.4 is 0 Å². The van der Waals surface area contributed by atoms with E-state index < -0.39 is 54.9 Å². The van der Waals surface area contributed by atoms with Gasteiger partial charge >= 0.3 is 6.18 Å². The molecule has 0 aromatic heterocycles. The predicted octanol–water partition coefficient (Wildman–Crippen LogP) is 3.47. The molecular weight excluding hydrogens is 434 g/mol. The molecule has 0 fully saturated rings. The van der Waals surface area contributed by atoms with Crippen molar-refractivity contribution in [3.8, 4) is 0 Å². The number of alkyl halides is 3. The Hall–Kier alpha value is -1.98. The Labute approximate surface area is 165 Å². The first kappa shape index (κ1) is 21.7. The van der Waals surface area contributed by atoms with Crippen LogP contribution >= 0.6 is 0 Å². The Bertz CT molecular complexity index is 1130. The Balaban J connectivity index is 2.13. The molecule has 0 saturated heterocycles. The normalized spacial score (nSPS) is 17.3. The van der Waals surface area contributed by atoms with Crippen molar-refractivity contribution in [3.63, 3.8) is 0 Å². The number of sulfonamides is 1. The van der Waals surface area contributed by atoms with Gasteiger partial charge in [0.15, 0.2) is 9.84 Å². The summed E-state index contributed by atoms with van der Waals surface area (Å²) >= 11 is 0. The number of hydrogen-bond donors (Lipinski definition) is 0. The molecule has 0 radical (unpaired) electrons. The lowest BCUT2D eigenvalue weighted by Crippen LogP contribution is -2.42. The van der Waals surface area contributed by atoms with Crippen LogP contribution in [0.15, 0.2) is 52.3 Å². The van der Waals surface area contributed by atoms with Crippen LogP contribution in [0.4, 0.5) is 17.6 Å². The molecule has 0 amide bonds. The monoisotopic (exact) mass is 451 g/mol. The van der Waals surface area contributed by atoms with Gasteiger partial charge in [-0.1, -0.05) is 25.1 Å². The third-order valence-corrected chi connectivity index (χ3v) is 8.44. The average molecular weight is 451 g/mol. The van der Waals surface area contributed by atoms with E-state index in [0.717, 1.165) is 36.4 Å². The van der Waals surface area contributed by atoms with Crippen molar-refractivity contribution < 1.29 is 34.4 Å². The lowest BCUT2D eigenvalue weighted by molar-refractivity contribution is -0.173. The number of hydrogen-bond acceptors (Lipinski definition) is 4. The van der Waals surface area contributed by atoms with E-state index >= 15 is 0 Å². The van der Waals surface area contributed by atoms with Crippen LogP contribution in [0.5, 0.6) is 0 Å². The van der Waals surface area contributed by atoms with E-state index in [0.29, 0.717) is 5.56 Å². The minimum atomic E-state index is -4.98. The summed E-state index contributed by atoms with van der Waals surface area (Å²) in [5.74, 6) is -0.936. The Morgan fingerprint density at radius 3 is 2.28 bits per heavy atom. The molecule has 3 rings (SSSR count). The first-order chi connectivity index (χ1) is 13.4. The lowest BCUT2D eigenvalue weighted by Gasteiger charge is -2.32. The van der Waals surface area contributed by atoms with Crippen molar-refractivity contribution in [2.24, 2.45) is 0 Å². The van der Waals surface area contributed by atoms with E-state index in [1.807, 2.05) is 0 Å². The zero-order valence-corrected chi connectivity index (χ0v) is 16.8. The van der Waals surface area contributed by atoms with E-state index in [1.165, 1.54) is 13.0 Å². The number of nitrogens with zero attached hydrogens (tertiary/aromatic N) is 1. The molecular formula is C18H17F4NO4S2. The van der Waals surface area contributed by atoms with Gasteiger partial charge in [-0.15, -0.1) is 0 Å². The quantitative estimate of drug-likeness (QED) is 0.653. The molecule has 1 heterocycles. The van der Waals surface area contributed by atoms with Crippen LogP contribution in [0, 0.1) is 5.82 Å². The highest BCUT2D eigenvalue weighted by Gasteiger charge is 2.49. The number of aryl methyl sites for hydroxylation is 1. The second-order valence-electron chi connectivity index (χ2n) is 6.54. The molecule has 0 saturated carbocycles. The summed E-state index contributed by atoms with van der Waals surface area (Å²) in [6.07, 6.45) is -4.76. The summed E-state index contributed by atoms with van der Waals surface area (Å²) in [6.45, 7) is 0.706. The number of sulfone groups is 1. The number of halogens is 4. The molecule has 1 unspecified atom stereocenters. The van der Waals surface area contributed by atoms with Crippen LogP contribution in [0.25, 0.3) is 0 Å². The SMILES string of the molecule is CCN(C(c1ccc(F)cc1)C(F)(F)F)S(=O)(=O)c1ccc2c(c1)S(=O)(=O)CC2. The fraction of sp³-hybridized carbons (Fsp3) is 0.333. The minimum Gasteiger partial charge on any atom is -0.224 e. The van der Waals surface area contributed by atoms with Gasteiger partial charge in [-0.2, -0.15) is 17.5 Å². The van der Waals surface area contributed by atoms with Crippen molar-refractivity contribution >= 4 is 19.9 Å². The zero-order chi connectivity index (χ0) is 21.6. The maximum Gasteiger partial charge on any atom is 0.409 e. The van der Waals surface area contributed by atoms with Gasteiger partial charge in [-0.05, 0) is 41.8 Å². The summed E-state index contributed by atoms with van der Waals surface area (Å²) in [5.41, 5.74) is -0.0176. The molecule has 1 aliphatic rings. The molecule has 0 aliphatic carbocycles. The first-order valence-corrected chi connectivity index (χ1v) is 11.7.